The van der Waals surface area contributed by atoms with Gasteiger partial charge in [0, 0.05) is 12.5 Å². The number of allylic oxidation sites excluding steroid dienone is 4. The van der Waals surface area contributed by atoms with E-state index in [-0.39, 0.29) is 35.0 Å². The third kappa shape index (κ3) is 4.61. The third-order valence-electron chi connectivity index (χ3n) is 5.21. The molecular weight excluding hydrogens is 488 g/mol. The van der Waals surface area contributed by atoms with Gasteiger partial charge in [-0.05, 0) is 18.9 Å². The Morgan fingerprint density at radius 1 is 1.29 bits per heavy atom. The standard InChI is InChI=1S/C21H20N2O9S2/c1-30-21-19-16(25)12-33(26,27)17(19)10-15(23-34(28,29)18-8-9-22-32-18)20(21)31-11-14(24)7-6-13-4-2-3-5-13/h2-4,8-10,23H,5-7,11-12H2,1H3. The highest BCUT2D eigenvalue weighted by molar-refractivity contribution is 7.93. The van der Waals surface area contributed by atoms with Crippen molar-refractivity contribution >= 4 is 37.1 Å². The van der Waals surface area contributed by atoms with Gasteiger partial charge in [-0.15, -0.1) is 0 Å². The van der Waals surface area contributed by atoms with Crippen LogP contribution in [0.4, 0.5) is 5.69 Å². The monoisotopic (exact) mass is 508 g/mol. The molecule has 2 aromatic rings. The molecule has 4 rings (SSSR count). The molecule has 1 N–H and O–H groups in total. The lowest BCUT2D eigenvalue weighted by molar-refractivity contribution is -0.121. The van der Waals surface area contributed by atoms with Crippen molar-refractivity contribution < 1.29 is 40.4 Å². The van der Waals surface area contributed by atoms with E-state index in [4.69, 9.17) is 9.47 Å². The summed E-state index contributed by atoms with van der Waals surface area (Å²) in [7, 11) is -7.18. The van der Waals surface area contributed by atoms with Crippen LogP contribution in [0.15, 0.2) is 56.6 Å². The number of aromatic nitrogens is 1. The van der Waals surface area contributed by atoms with Crippen LogP contribution in [0.5, 0.6) is 11.5 Å². The van der Waals surface area contributed by atoms with Crippen molar-refractivity contribution in [2.24, 2.45) is 0 Å². The molecule has 2 heterocycles. The van der Waals surface area contributed by atoms with Gasteiger partial charge in [-0.3, -0.25) is 14.3 Å². The van der Waals surface area contributed by atoms with Gasteiger partial charge in [0.05, 0.1) is 29.5 Å². The Kier molecular flexibility index (Phi) is 6.32. The number of nitrogens with zero attached hydrogens (tertiary/aromatic N) is 1. The van der Waals surface area contributed by atoms with Crippen LogP contribution < -0.4 is 14.2 Å². The Labute approximate surface area is 195 Å². The van der Waals surface area contributed by atoms with Crippen LogP contribution in [0, 0.1) is 0 Å². The largest absolute Gasteiger partial charge is 0.492 e. The molecule has 1 aromatic carbocycles. The maximum Gasteiger partial charge on any atom is 0.298 e. The van der Waals surface area contributed by atoms with Gasteiger partial charge >= 0.3 is 0 Å². The van der Waals surface area contributed by atoms with Gasteiger partial charge in [0.15, 0.2) is 32.9 Å². The summed E-state index contributed by atoms with van der Waals surface area (Å²) in [5, 5.41) is 2.81. The summed E-state index contributed by atoms with van der Waals surface area (Å²) in [4.78, 5) is 24.4. The average Bonchev–Trinajstić information content (AvgIpc) is 3.52. The number of Topliss-reactive ketones (excluding diaryl/α,β-unsaturated/α-hetero) is 2. The zero-order valence-electron chi connectivity index (χ0n) is 17.9. The molecule has 0 unspecified atom stereocenters. The number of rotatable bonds is 10. The number of carbonyl (C=O) groups excluding carboxylic acids is 2. The Morgan fingerprint density at radius 3 is 2.74 bits per heavy atom. The van der Waals surface area contributed by atoms with Crippen LogP contribution in [-0.4, -0.2) is 53.0 Å². The molecule has 0 fully saturated rings. The molecular formula is C21H20N2O9S2. The van der Waals surface area contributed by atoms with Crippen molar-refractivity contribution in [3.63, 3.8) is 0 Å². The van der Waals surface area contributed by atoms with E-state index in [0.717, 1.165) is 30.3 Å². The predicted molar refractivity (Wildman–Crippen MR) is 118 cm³/mol. The normalized spacial score (nSPS) is 16.3. The summed E-state index contributed by atoms with van der Waals surface area (Å²) in [6, 6.07) is 2.06. The Hall–Kier alpha value is -3.45. The van der Waals surface area contributed by atoms with E-state index >= 15 is 0 Å². The summed E-state index contributed by atoms with van der Waals surface area (Å²) < 4.78 is 68.1. The van der Waals surface area contributed by atoms with Gasteiger partial charge in [-0.25, -0.2) is 8.42 Å². The van der Waals surface area contributed by atoms with Gasteiger partial charge in [-0.2, -0.15) is 8.42 Å². The van der Waals surface area contributed by atoms with Crippen LogP contribution >= 0.6 is 0 Å². The van der Waals surface area contributed by atoms with Crippen molar-refractivity contribution in [1.29, 1.82) is 0 Å². The Morgan fingerprint density at radius 2 is 2.09 bits per heavy atom. The Bertz CT molecular complexity index is 1420. The molecule has 1 aliphatic heterocycles. The average molecular weight is 509 g/mol. The zero-order chi connectivity index (χ0) is 24.5. The lowest BCUT2D eigenvalue weighted by atomic mass is 10.1. The lowest BCUT2D eigenvalue weighted by Gasteiger charge is -2.18. The van der Waals surface area contributed by atoms with Gasteiger partial charge in [0.1, 0.15) is 12.4 Å². The Balaban J connectivity index is 1.69. The lowest BCUT2D eigenvalue weighted by Crippen LogP contribution is -2.17. The summed E-state index contributed by atoms with van der Waals surface area (Å²) in [6.07, 6.45) is 8.43. The summed E-state index contributed by atoms with van der Waals surface area (Å²) in [5.74, 6) is -2.37. The number of sulfone groups is 1. The first-order valence-corrected chi connectivity index (χ1v) is 13.2. The van der Waals surface area contributed by atoms with Crippen molar-refractivity contribution in [2.45, 2.75) is 29.3 Å². The molecule has 0 saturated carbocycles. The predicted octanol–water partition coefficient (Wildman–Crippen LogP) is 2.07. The van der Waals surface area contributed by atoms with E-state index in [0.29, 0.717) is 6.42 Å². The molecule has 11 nitrogen and oxygen atoms in total. The number of anilines is 1. The zero-order valence-corrected chi connectivity index (χ0v) is 19.6. The summed E-state index contributed by atoms with van der Waals surface area (Å²) in [5.41, 5.74) is 0.510. The smallest absolute Gasteiger partial charge is 0.298 e. The maximum atomic E-state index is 12.7. The molecule has 13 heteroatoms. The van der Waals surface area contributed by atoms with Crippen LogP contribution in [-0.2, 0) is 24.7 Å². The van der Waals surface area contributed by atoms with Crippen LogP contribution in [0.1, 0.15) is 29.6 Å². The van der Waals surface area contributed by atoms with Crippen LogP contribution in [0.25, 0.3) is 0 Å². The van der Waals surface area contributed by atoms with Gasteiger partial charge in [-0.1, -0.05) is 29.0 Å². The van der Waals surface area contributed by atoms with Crippen LogP contribution in [0.2, 0.25) is 0 Å². The maximum absolute atomic E-state index is 12.7. The number of carbonyl (C=O) groups is 2. The third-order valence-corrected chi connectivity index (χ3v) is 8.08. The minimum Gasteiger partial charge on any atom is -0.492 e. The van der Waals surface area contributed by atoms with Crippen molar-refractivity contribution in [3.05, 3.63) is 47.7 Å². The number of methoxy groups -OCH3 is 1. The number of hydrogen-bond acceptors (Lipinski definition) is 10. The molecule has 0 spiro atoms. The van der Waals surface area contributed by atoms with E-state index in [1.807, 2.05) is 18.2 Å². The van der Waals surface area contributed by atoms with Gasteiger partial charge < -0.3 is 14.0 Å². The molecule has 0 radical (unpaired) electrons. The van der Waals surface area contributed by atoms with E-state index in [2.05, 4.69) is 14.4 Å². The minimum atomic E-state index is -4.34. The van der Waals surface area contributed by atoms with Gasteiger partial charge in [0.25, 0.3) is 15.1 Å². The first kappa shape index (κ1) is 23.7. The molecule has 0 atom stereocenters. The second kappa shape index (κ2) is 9.06. The number of nitrogens with one attached hydrogen (secondary N) is 1. The summed E-state index contributed by atoms with van der Waals surface area (Å²) in [6.45, 7) is -0.451. The van der Waals surface area contributed by atoms with Crippen molar-refractivity contribution in [3.8, 4) is 11.5 Å². The fraction of sp³-hybridized carbons (Fsp3) is 0.286. The van der Waals surface area contributed by atoms with Crippen molar-refractivity contribution in [1.82, 2.24) is 5.16 Å². The highest BCUT2D eigenvalue weighted by Crippen LogP contribution is 2.46. The van der Waals surface area contributed by atoms with E-state index in [1.165, 1.54) is 7.11 Å². The minimum absolute atomic E-state index is 0.188. The number of fused-ring (bicyclic) bond motifs is 1. The van der Waals surface area contributed by atoms with Crippen molar-refractivity contribution in [2.75, 3.05) is 24.2 Å². The molecule has 0 amide bonds. The number of sulfonamides is 1. The SMILES string of the molecule is COc1c(OCC(=O)CCC2=CC=CC2)c(NS(=O)(=O)c2ccno2)cc2c1C(=O)CS2(=O)=O. The highest BCUT2D eigenvalue weighted by Gasteiger charge is 2.40. The highest BCUT2D eigenvalue weighted by atomic mass is 32.2. The quantitative estimate of drug-likeness (QED) is 0.503. The second-order valence-corrected chi connectivity index (χ2v) is 11.1. The van der Waals surface area contributed by atoms with E-state index in [9.17, 15) is 26.4 Å². The molecule has 1 aliphatic carbocycles. The van der Waals surface area contributed by atoms with Gasteiger partial charge in [0.2, 0.25) is 0 Å². The van der Waals surface area contributed by atoms with E-state index < -0.39 is 48.0 Å². The molecule has 180 valence electrons. The fourth-order valence-corrected chi connectivity index (χ4v) is 5.98. The molecule has 2 aliphatic rings. The number of ether oxygens (including phenoxy) is 2. The first-order chi connectivity index (χ1) is 16.1. The molecule has 34 heavy (non-hydrogen) atoms. The van der Waals surface area contributed by atoms with E-state index in [1.54, 1.807) is 0 Å². The second-order valence-electron chi connectivity index (χ2n) is 7.56. The van der Waals surface area contributed by atoms with Crippen LogP contribution in [0.3, 0.4) is 0 Å². The molecule has 0 bridgehead atoms. The number of hydrogen-bond donors (Lipinski definition) is 1. The molecule has 0 saturated heterocycles. The molecule has 1 aromatic heterocycles. The fourth-order valence-electron chi connectivity index (χ4n) is 3.60. The summed E-state index contributed by atoms with van der Waals surface area (Å²) >= 11 is 0. The number of benzene rings is 1. The number of ketones is 2. The first-order valence-electron chi connectivity index (χ1n) is 10.1. The topological polar surface area (TPSA) is 159 Å².